The van der Waals surface area contributed by atoms with Crippen LogP contribution in [0.25, 0.3) is 0 Å². The quantitative estimate of drug-likeness (QED) is 0.873. The zero-order valence-electron chi connectivity index (χ0n) is 10.1. The largest absolute Gasteiger partial charge is 0.508 e. The van der Waals surface area contributed by atoms with Crippen LogP contribution in [0.4, 0.5) is 4.39 Å². The highest BCUT2D eigenvalue weighted by atomic mass is 19.1. The van der Waals surface area contributed by atoms with Crippen molar-refractivity contribution in [1.29, 1.82) is 0 Å². The molecule has 0 aliphatic carbocycles. The first-order valence-corrected chi connectivity index (χ1v) is 5.78. The minimum absolute atomic E-state index is 0.176. The van der Waals surface area contributed by atoms with Gasteiger partial charge in [0.1, 0.15) is 11.6 Å². The molecule has 2 aromatic carbocycles. The van der Waals surface area contributed by atoms with Crippen molar-refractivity contribution in [3.05, 3.63) is 65.0 Å². The summed E-state index contributed by atoms with van der Waals surface area (Å²) >= 11 is 0. The van der Waals surface area contributed by atoms with Crippen LogP contribution in [0.3, 0.4) is 0 Å². The van der Waals surface area contributed by atoms with E-state index in [1.807, 2.05) is 6.07 Å². The number of hydrogen-bond donors (Lipinski definition) is 2. The Labute approximate surface area is 105 Å². The van der Waals surface area contributed by atoms with E-state index in [4.69, 9.17) is 0 Å². The van der Waals surface area contributed by atoms with Gasteiger partial charge in [-0.2, -0.15) is 0 Å². The van der Waals surface area contributed by atoms with E-state index in [-0.39, 0.29) is 11.6 Å². The predicted octanol–water partition coefficient (Wildman–Crippen LogP) is 3.12. The van der Waals surface area contributed by atoms with Crippen LogP contribution in [0.5, 0.6) is 5.75 Å². The molecule has 1 unspecified atom stereocenters. The second-order valence-corrected chi connectivity index (χ2v) is 4.40. The van der Waals surface area contributed by atoms with Crippen molar-refractivity contribution in [1.82, 2.24) is 0 Å². The average Bonchev–Trinajstić information content (AvgIpc) is 2.32. The van der Waals surface area contributed by atoms with Crippen LogP contribution in [-0.2, 0) is 6.42 Å². The van der Waals surface area contributed by atoms with Crippen molar-refractivity contribution in [2.75, 3.05) is 0 Å². The van der Waals surface area contributed by atoms with Crippen molar-refractivity contribution in [2.24, 2.45) is 0 Å². The molecule has 0 fully saturated rings. The fraction of sp³-hybridized carbons (Fsp3) is 0.200. The zero-order valence-corrected chi connectivity index (χ0v) is 10.1. The maximum absolute atomic E-state index is 13.1. The van der Waals surface area contributed by atoms with E-state index in [2.05, 4.69) is 0 Å². The Hall–Kier alpha value is -1.87. The lowest BCUT2D eigenvalue weighted by Crippen LogP contribution is -2.02. The number of hydrogen-bond acceptors (Lipinski definition) is 2. The van der Waals surface area contributed by atoms with Gasteiger partial charge in [0, 0.05) is 6.42 Å². The van der Waals surface area contributed by atoms with E-state index < -0.39 is 6.10 Å². The fourth-order valence-electron chi connectivity index (χ4n) is 1.90. The lowest BCUT2D eigenvalue weighted by Gasteiger charge is -2.12. The maximum Gasteiger partial charge on any atom is 0.126 e. The summed E-state index contributed by atoms with van der Waals surface area (Å²) in [7, 11) is 0. The number of phenols is 1. The van der Waals surface area contributed by atoms with Gasteiger partial charge in [-0.05, 0) is 41.8 Å². The summed E-state index contributed by atoms with van der Waals surface area (Å²) in [5.41, 5.74) is 2.03. The average molecular weight is 246 g/mol. The van der Waals surface area contributed by atoms with Crippen LogP contribution in [0.15, 0.2) is 42.5 Å². The van der Waals surface area contributed by atoms with Gasteiger partial charge in [-0.3, -0.25) is 0 Å². The van der Waals surface area contributed by atoms with Gasteiger partial charge in [0.2, 0.25) is 0 Å². The maximum atomic E-state index is 13.1. The van der Waals surface area contributed by atoms with Gasteiger partial charge in [-0.15, -0.1) is 0 Å². The Balaban J connectivity index is 2.16. The third-order valence-electron chi connectivity index (χ3n) is 2.91. The van der Waals surface area contributed by atoms with E-state index in [0.717, 1.165) is 5.56 Å². The Bertz CT molecular complexity index is 552. The monoisotopic (exact) mass is 246 g/mol. The highest BCUT2D eigenvalue weighted by molar-refractivity contribution is 5.30. The molecule has 0 radical (unpaired) electrons. The molecule has 1 atom stereocenters. The summed E-state index contributed by atoms with van der Waals surface area (Å²) < 4.78 is 13.1. The number of aromatic hydroxyl groups is 1. The van der Waals surface area contributed by atoms with Gasteiger partial charge < -0.3 is 10.2 Å². The summed E-state index contributed by atoms with van der Waals surface area (Å²) in [6.45, 7) is 1.67. The van der Waals surface area contributed by atoms with E-state index in [9.17, 15) is 14.6 Å². The summed E-state index contributed by atoms with van der Waals surface area (Å²) in [6.07, 6.45) is -0.314. The summed E-state index contributed by atoms with van der Waals surface area (Å²) in [5, 5.41) is 19.4. The first kappa shape index (κ1) is 12.6. The van der Waals surface area contributed by atoms with Crippen molar-refractivity contribution in [3.63, 3.8) is 0 Å². The van der Waals surface area contributed by atoms with E-state index in [0.29, 0.717) is 17.5 Å². The van der Waals surface area contributed by atoms with Crippen molar-refractivity contribution in [2.45, 2.75) is 19.4 Å². The van der Waals surface area contributed by atoms with Gasteiger partial charge in [0.05, 0.1) is 6.10 Å². The van der Waals surface area contributed by atoms with E-state index in [1.54, 1.807) is 37.3 Å². The standard InChI is InChI=1S/C15H15FO2/c1-10-7-12(5-6-14(10)16)15(18)9-11-3-2-4-13(17)8-11/h2-8,15,17-18H,9H2,1H3. The molecule has 0 aliphatic heterocycles. The van der Waals surface area contributed by atoms with Crippen LogP contribution in [0, 0.1) is 12.7 Å². The number of rotatable bonds is 3. The second kappa shape index (κ2) is 5.19. The molecule has 0 spiro atoms. The molecule has 94 valence electrons. The van der Waals surface area contributed by atoms with Gasteiger partial charge in [0.15, 0.2) is 0 Å². The van der Waals surface area contributed by atoms with Crippen LogP contribution in [0.2, 0.25) is 0 Å². The minimum Gasteiger partial charge on any atom is -0.508 e. The highest BCUT2D eigenvalue weighted by Crippen LogP contribution is 2.22. The SMILES string of the molecule is Cc1cc(C(O)Cc2cccc(O)c2)ccc1F. The number of phenolic OH excluding ortho intramolecular Hbond substituents is 1. The van der Waals surface area contributed by atoms with Crippen molar-refractivity contribution < 1.29 is 14.6 Å². The number of aliphatic hydroxyl groups excluding tert-OH is 1. The molecule has 2 nitrogen and oxygen atoms in total. The van der Waals surface area contributed by atoms with E-state index >= 15 is 0 Å². The normalized spacial score (nSPS) is 12.4. The molecule has 2 aromatic rings. The Morgan fingerprint density at radius 3 is 2.61 bits per heavy atom. The summed E-state index contributed by atoms with van der Waals surface area (Å²) in [5.74, 6) is -0.0988. The zero-order chi connectivity index (χ0) is 13.1. The summed E-state index contributed by atoms with van der Waals surface area (Å²) in [6, 6.07) is 11.3. The molecular formula is C15H15FO2. The molecule has 18 heavy (non-hydrogen) atoms. The lowest BCUT2D eigenvalue weighted by atomic mass is 10.00. The molecule has 0 bridgehead atoms. The molecular weight excluding hydrogens is 231 g/mol. The topological polar surface area (TPSA) is 40.5 Å². The smallest absolute Gasteiger partial charge is 0.126 e. The molecule has 0 aromatic heterocycles. The number of halogens is 1. The predicted molar refractivity (Wildman–Crippen MR) is 67.9 cm³/mol. The number of benzene rings is 2. The third kappa shape index (κ3) is 2.87. The number of aliphatic hydroxyl groups is 1. The fourth-order valence-corrected chi connectivity index (χ4v) is 1.90. The second-order valence-electron chi connectivity index (χ2n) is 4.40. The van der Waals surface area contributed by atoms with E-state index in [1.165, 1.54) is 6.07 Å². The van der Waals surface area contributed by atoms with Gasteiger partial charge in [-0.1, -0.05) is 24.3 Å². The van der Waals surface area contributed by atoms with Crippen LogP contribution < -0.4 is 0 Å². The van der Waals surface area contributed by atoms with Crippen LogP contribution in [-0.4, -0.2) is 10.2 Å². The molecule has 0 amide bonds. The van der Waals surface area contributed by atoms with Gasteiger partial charge in [-0.25, -0.2) is 4.39 Å². The van der Waals surface area contributed by atoms with Crippen LogP contribution in [0.1, 0.15) is 22.8 Å². The Morgan fingerprint density at radius 2 is 1.94 bits per heavy atom. The molecule has 0 saturated heterocycles. The molecule has 0 saturated carbocycles. The first-order valence-electron chi connectivity index (χ1n) is 5.78. The number of aryl methyl sites for hydroxylation is 1. The Morgan fingerprint density at radius 1 is 1.17 bits per heavy atom. The van der Waals surface area contributed by atoms with Crippen molar-refractivity contribution in [3.8, 4) is 5.75 Å². The molecule has 3 heteroatoms. The van der Waals surface area contributed by atoms with Gasteiger partial charge in [0.25, 0.3) is 0 Å². The highest BCUT2D eigenvalue weighted by Gasteiger charge is 2.10. The van der Waals surface area contributed by atoms with Crippen LogP contribution >= 0.6 is 0 Å². The minimum atomic E-state index is -0.703. The molecule has 0 heterocycles. The summed E-state index contributed by atoms with van der Waals surface area (Å²) in [4.78, 5) is 0. The lowest BCUT2D eigenvalue weighted by molar-refractivity contribution is 0.178. The first-order chi connectivity index (χ1) is 8.56. The van der Waals surface area contributed by atoms with Crippen molar-refractivity contribution >= 4 is 0 Å². The van der Waals surface area contributed by atoms with Gasteiger partial charge >= 0.3 is 0 Å². The molecule has 2 rings (SSSR count). The molecule has 0 aliphatic rings. The Kier molecular flexibility index (Phi) is 3.63. The third-order valence-corrected chi connectivity index (χ3v) is 2.91. The molecule has 2 N–H and O–H groups in total.